The van der Waals surface area contributed by atoms with E-state index in [1.54, 1.807) is 0 Å². The molecule has 5 nitrogen and oxygen atoms in total. The second kappa shape index (κ2) is 7.13. The van der Waals surface area contributed by atoms with Gasteiger partial charge in [-0.1, -0.05) is 24.3 Å². The average Bonchev–Trinajstić information content (AvgIpc) is 3.36. The van der Waals surface area contributed by atoms with Crippen molar-refractivity contribution in [2.75, 3.05) is 6.61 Å². The van der Waals surface area contributed by atoms with Crippen molar-refractivity contribution in [1.82, 2.24) is 10.6 Å². The first-order valence-electron chi connectivity index (χ1n) is 8.34. The second-order valence-electron chi connectivity index (χ2n) is 6.56. The van der Waals surface area contributed by atoms with Crippen LogP contribution in [0.1, 0.15) is 36.8 Å². The van der Waals surface area contributed by atoms with Crippen molar-refractivity contribution in [3.05, 3.63) is 35.4 Å². The molecule has 0 unspecified atom stereocenters. The third kappa shape index (κ3) is 4.32. The summed E-state index contributed by atoms with van der Waals surface area (Å²) in [6.07, 6.45) is 3.48. The third-order valence-electron chi connectivity index (χ3n) is 4.67. The smallest absolute Gasteiger partial charge is 0.246 e. The van der Waals surface area contributed by atoms with Gasteiger partial charge in [0.2, 0.25) is 11.8 Å². The Kier molecular flexibility index (Phi) is 4.96. The van der Waals surface area contributed by atoms with E-state index >= 15 is 0 Å². The maximum absolute atomic E-state index is 12.1. The van der Waals surface area contributed by atoms with Gasteiger partial charge in [0.1, 0.15) is 6.61 Å². The first-order chi connectivity index (χ1) is 11.1. The number of ether oxygens (including phenoxy) is 1. The zero-order chi connectivity index (χ0) is 16.2. The molecule has 2 amide bonds. The first-order valence-corrected chi connectivity index (χ1v) is 8.34. The number of piperidine rings is 1. The summed E-state index contributed by atoms with van der Waals surface area (Å²) in [5.74, 6) is 0.519. The Morgan fingerprint density at radius 1 is 1.30 bits per heavy atom. The maximum atomic E-state index is 12.1. The van der Waals surface area contributed by atoms with Gasteiger partial charge in [-0.2, -0.15) is 0 Å². The van der Waals surface area contributed by atoms with Crippen molar-refractivity contribution in [2.24, 2.45) is 5.92 Å². The lowest BCUT2D eigenvalue weighted by atomic mass is 9.94. The minimum Gasteiger partial charge on any atom is -0.367 e. The van der Waals surface area contributed by atoms with Gasteiger partial charge in [0.15, 0.2) is 0 Å². The van der Waals surface area contributed by atoms with Gasteiger partial charge in [0, 0.05) is 12.5 Å². The van der Waals surface area contributed by atoms with Gasteiger partial charge >= 0.3 is 0 Å². The molecule has 1 aromatic carbocycles. The molecule has 1 heterocycles. The molecule has 0 bridgehead atoms. The zero-order valence-electron chi connectivity index (χ0n) is 13.5. The summed E-state index contributed by atoms with van der Waals surface area (Å²) in [6, 6.07) is 8.13. The summed E-state index contributed by atoms with van der Waals surface area (Å²) in [7, 11) is 0. The fourth-order valence-electron chi connectivity index (χ4n) is 3.16. The minimum atomic E-state index is -0.106. The van der Waals surface area contributed by atoms with E-state index in [-0.39, 0.29) is 30.5 Å². The lowest BCUT2D eigenvalue weighted by Gasteiger charge is -2.33. The van der Waals surface area contributed by atoms with Crippen LogP contribution in [-0.4, -0.2) is 30.5 Å². The molecule has 2 fully saturated rings. The lowest BCUT2D eigenvalue weighted by Crippen LogP contribution is -2.56. The number of rotatable bonds is 6. The van der Waals surface area contributed by atoms with Gasteiger partial charge in [-0.05, 0) is 43.2 Å². The van der Waals surface area contributed by atoms with Crippen molar-refractivity contribution < 1.29 is 14.3 Å². The van der Waals surface area contributed by atoms with Crippen molar-refractivity contribution in [3.8, 4) is 0 Å². The van der Waals surface area contributed by atoms with Crippen LogP contribution < -0.4 is 10.6 Å². The van der Waals surface area contributed by atoms with Crippen LogP contribution in [0.15, 0.2) is 24.3 Å². The van der Waals surface area contributed by atoms with Crippen molar-refractivity contribution in [3.63, 3.8) is 0 Å². The predicted octanol–water partition coefficient (Wildman–Crippen LogP) is 1.69. The van der Waals surface area contributed by atoms with Gasteiger partial charge < -0.3 is 15.4 Å². The summed E-state index contributed by atoms with van der Waals surface area (Å²) in [4.78, 5) is 23.7. The summed E-state index contributed by atoms with van der Waals surface area (Å²) < 4.78 is 5.54. The summed E-state index contributed by atoms with van der Waals surface area (Å²) in [5, 5.41) is 6.06. The molecule has 3 rings (SSSR count). The van der Waals surface area contributed by atoms with Crippen LogP contribution in [-0.2, 0) is 20.9 Å². The van der Waals surface area contributed by atoms with Gasteiger partial charge in [0.05, 0.1) is 12.6 Å². The Balaban J connectivity index is 1.45. The lowest BCUT2D eigenvalue weighted by molar-refractivity contribution is -0.130. The zero-order valence-corrected chi connectivity index (χ0v) is 13.5. The Hall–Kier alpha value is -1.88. The molecule has 2 N–H and O–H groups in total. The van der Waals surface area contributed by atoms with Crippen molar-refractivity contribution in [2.45, 2.75) is 51.3 Å². The van der Waals surface area contributed by atoms with Crippen LogP contribution in [0.2, 0.25) is 0 Å². The molecule has 2 atom stereocenters. The minimum absolute atomic E-state index is 0.0368. The Labute approximate surface area is 136 Å². The van der Waals surface area contributed by atoms with E-state index in [4.69, 9.17) is 4.74 Å². The number of carbonyl (C=O) groups is 2. The van der Waals surface area contributed by atoms with E-state index < -0.39 is 0 Å². The van der Waals surface area contributed by atoms with E-state index in [9.17, 15) is 9.59 Å². The molecule has 1 aliphatic heterocycles. The van der Waals surface area contributed by atoms with Crippen LogP contribution in [0.25, 0.3) is 0 Å². The van der Waals surface area contributed by atoms with E-state index in [0.717, 1.165) is 30.4 Å². The number of aryl methyl sites for hydroxylation is 1. The quantitative estimate of drug-likeness (QED) is 0.839. The SMILES string of the molecule is Cc1ccccc1COCC(=O)N[C@@H]1CCC(=O)N[C@H]1C1CC1. The predicted molar refractivity (Wildman–Crippen MR) is 86.7 cm³/mol. The first kappa shape index (κ1) is 16.0. The van der Waals surface area contributed by atoms with Gasteiger partial charge in [-0.25, -0.2) is 0 Å². The Morgan fingerprint density at radius 3 is 2.83 bits per heavy atom. The summed E-state index contributed by atoms with van der Waals surface area (Å²) in [5.41, 5.74) is 2.26. The monoisotopic (exact) mass is 316 g/mol. The largest absolute Gasteiger partial charge is 0.367 e. The molecule has 0 spiro atoms. The molecule has 23 heavy (non-hydrogen) atoms. The van der Waals surface area contributed by atoms with Crippen molar-refractivity contribution >= 4 is 11.8 Å². The second-order valence-corrected chi connectivity index (χ2v) is 6.56. The van der Waals surface area contributed by atoms with Gasteiger partial charge in [0.25, 0.3) is 0 Å². The number of carbonyl (C=O) groups excluding carboxylic acids is 2. The molecular weight excluding hydrogens is 292 g/mol. The molecule has 1 saturated heterocycles. The highest BCUT2D eigenvalue weighted by atomic mass is 16.5. The number of hydrogen-bond acceptors (Lipinski definition) is 3. The fourth-order valence-corrected chi connectivity index (χ4v) is 3.16. The molecule has 1 saturated carbocycles. The van der Waals surface area contributed by atoms with E-state index in [0.29, 0.717) is 18.9 Å². The molecular formula is C18H24N2O3. The molecule has 1 aliphatic carbocycles. The van der Waals surface area contributed by atoms with Crippen LogP contribution in [0.4, 0.5) is 0 Å². The van der Waals surface area contributed by atoms with Gasteiger partial charge in [-0.15, -0.1) is 0 Å². The molecule has 1 aromatic rings. The summed E-state index contributed by atoms with van der Waals surface area (Å²) in [6.45, 7) is 2.52. The molecule has 0 radical (unpaired) electrons. The normalized spacial score (nSPS) is 24.1. The van der Waals surface area contributed by atoms with E-state index in [1.807, 2.05) is 31.2 Å². The van der Waals surface area contributed by atoms with E-state index in [2.05, 4.69) is 10.6 Å². The van der Waals surface area contributed by atoms with Crippen molar-refractivity contribution in [1.29, 1.82) is 0 Å². The molecule has 5 heteroatoms. The fraction of sp³-hybridized carbons (Fsp3) is 0.556. The van der Waals surface area contributed by atoms with Crippen LogP contribution in [0, 0.1) is 12.8 Å². The summed E-state index contributed by atoms with van der Waals surface area (Å²) >= 11 is 0. The van der Waals surface area contributed by atoms with Crippen LogP contribution in [0.3, 0.4) is 0 Å². The number of nitrogens with one attached hydrogen (secondary N) is 2. The number of hydrogen-bond donors (Lipinski definition) is 2. The average molecular weight is 316 g/mol. The van der Waals surface area contributed by atoms with Gasteiger partial charge in [-0.3, -0.25) is 9.59 Å². The Morgan fingerprint density at radius 2 is 2.09 bits per heavy atom. The molecule has 124 valence electrons. The number of benzene rings is 1. The standard InChI is InChI=1S/C18H24N2O3/c1-12-4-2-3-5-14(12)10-23-11-17(22)19-15-8-9-16(21)20-18(15)13-6-7-13/h2-5,13,15,18H,6-11H2,1H3,(H,19,22)(H,20,21)/t15-,18+/m1/s1. The van der Waals surface area contributed by atoms with E-state index in [1.165, 1.54) is 0 Å². The molecule has 0 aromatic heterocycles. The highest BCUT2D eigenvalue weighted by molar-refractivity contribution is 5.80. The Bertz CT molecular complexity index is 583. The molecule has 2 aliphatic rings. The van der Waals surface area contributed by atoms with Crippen LogP contribution >= 0.6 is 0 Å². The topological polar surface area (TPSA) is 67.4 Å². The third-order valence-corrected chi connectivity index (χ3v) is 4.67. The highest BCUT2D eigenvalue weighted by Crippen LogP contribution is 2.36. The highest BCUT2D eigenvalue weighted by Gasteiger charge is 2.40. The number of amides is 2. The maximum Gasteiger partial charge on any atom is 0.246 e. The van der Waals surface area contributed by atoms with Crippen LogP contribution in [0.5, 0.6) is 0 Å².